The summed E-state index contributed by atoms with van der Waals surface area (Å²) in [5, 5.41) is 5.36. The smallest absolute Gasteiger partial charge is 0.257 e. The van der Waals surface area contributed by atoms with Crippen molar-refractivity contribution in [2.75, 3.05) is 50.8 Å². The van der Waals surface area contributed by atoms with E-state index in [1.165, 1.54) is 4.70 Å². The van der Waals surface area contributed by atoms with Gasteiger partial charge in [-0.05, 0) is 48.9 Å². The zero-order chi connectivity index (χ0) is 21.8. The van der Waals surface area contributed by atoms with Crippen molar-refractivity contribution >= 4 is 55.8 Å². The van der Waals surface area contributed by atoms with Gasteiger partial charge in [0, 0.05) is 49.3 Å². The fourth-order valence-electron chi connectivity index (χ4n) is 3.47. The second-order valence-electron chi connectivity index (χ2n) is 7.44. The molecule has 0 bridgehead atoms. The van der Waals surface area contributed by atoms with Gasteiger partial charge in [0.05, 0.1) is 10.2 Å². The van der Waals surface area contributed by atoms with Crippen molar-refractivity contribution in [3.63, 3.8) is 0 Å². The van der Waals surface area contributed by atoms with E-state index < -0.39 is 0 Å². The van der Waals surface area contributed by atoms with Crippen molar-refractivity contribution in [1.82, 2.24) is 15.2 Å². The molecule has 0 aliphatic carbocycles. The normalized spacial score (nSPS) is 14.7. The molecule has 0 radical (unpaired) electrons. The third-order valence-corrected chi connectivity index (χ3v) is 7.06. The number of benzene rings is 2. The number of fused-ring (bicyclic) bond motifs is 1. The molecule has 0 atom stereocenters. The van der Waals surface area contributed by atoms with Gasteiger partial charge in [0.25, 0.3) is 5.91 Å². The van der Waals surface area contributed by atoms with Gasteiger partial charge in [0.15, 0.2) is 11.7 Å². The first-order valence-electron chi connectivity index (χ1n) is 10.2. The lowest BCUT2D eigenvalue weighted by atomic mass is 10.2. The van der Waals surface area contributed by atoms with E-state index in [0.717, 1.165) is 54.0 Å². The Balaban J connectivity index is 1.19. The van der Waals surface area contributed by atoms with Crippen molar-refractivity contribution in [2.24, 2.45) is 0 Å². The van der Waals surface area contributed by atoms with Crippen LogP contribution in [-0.2, 0) is 4.79 Å². The number of anilines is 1. The lowest BCUT2D eigenvalue weighted by Gasteiger charge is -2.34. The number of carbonyl (C=O) groups is 1. The molecule has 4 rings (SSSR count). The average molecular weight is 479 g/mol. The number of nitrogens with one attached hydrogen (secondary N) is 1. The summed E-state index contributed by atoms with van der Waals surface area (Å²) in [6, 6.07) is 10.9. The van der Waals surface area contributed by atoms with Gasteiger partial charge in [-0.3, -0.25) is 9.69 Å². The summed E-state index contributed by atoms with van der Waals surface area (Å²) in [6.07, 6.45) is 0. The van der Waals surface area contributed by atoms with E-state index in [9.17, 15) is 4.79 Å². The van der Waals surface area contributed by atoms with Crippen molar-refractivity contribution < 1.29 is 9.53 Å². The second-order valence-corrected chi connectivity index (χ2v) is 9.29. The maximum Gasteiger partial charge on any atom is 0.257 e. The maximum absolute atomic E-state index is 12.0. The van der Waals surface area contributed by atoms with Crippen LogP contribution in [-0.4, -0.2) is 61.7 Å². The highest BCUT2D eigenvalue weighted by atomic mass is 35.5. The van der Waals surface area contributed by atoms with Crippen LogP contribution in [0.1, 0.15) is 5.56 Å². The fraction of sp³-hybridized carbons (Fsp3) is 0.364. The minimum atomic E-state index is -0.128. The Kier molecular flexibility index (Phi) is 7.17. The first-order chi connectivity index (χ1) is 15.0. The van der Waals surface area contributed by atoms with Gasteiger partial charge in [0.2, 0.25) is 0 Å². The molecule has 1 fully saturated rings. The minimum Gasteiger partial charge on any atom is -0.484 e. The Labute approximate surface area is 195 Å². The molecule has 1 saturated heterocycles. The Hall–Kier alpha value is -2.06. The number of hydrogen-bond acceptors (Lipinski definition) is 6. The molecule has 9 heteroatoms. The van der Waals surface area contributed by atoms with Crippen LogP contribution in [0, 0.1) is 6.92 Å². The number of rotatable bonds is 7. The molecular weight excluding hydrogens is 455 g/mol. The quantitative estimate of drug-likeness (QED) is 0.550. The summed E-state index contributed by atoms with van der Waals surface area (Å²) in [6.45, 7) is 7.13. The first kappa shape index (κ1) is 22.1. The zero-order valence-electron chi connectivity index (χ0n) is 17.2. The number of aryl methyl sites for hydroxylation is 1. The molecule has 2 heterocycles. The Morgan fingerprint density at radius 2 is 1.87 bits per heavy atom. The SMILES string of the molecule is Cc1c(Cl)ccc2sc(N3CCN(CCNC(=O)COc4ccc(Cl)cc4)CC3)nc12. The predicted molar refractivity (Wildman–Crippen MR) is 128 cm³/mol. The van der Waals surface area contributed by atoms with Gasteiger partial charge in [-0.15, -0.1) is 0 Å². The molecule has 2 aromatic carbocycles. The van der Waals surface area contributed by atoms with Gasteiger partial charge < -0.3 is 15.0 Å². The van der Waals surface area contributed by atoms with Gasteiger partial charge >= 0.3 is 0 Å². The third kappa shape index (κ3) is 5.60. The van der Waals surface area contributed by atoms with Crippen LogP contribution in [0.2, 0.25) is 10.0 Å². The highest BCUT2D eigenvalue weighted by Gasteiger charge is 2.20. The van der Waals surface area contributed by atoms with Gasteiger partial charge in [-0.1, -0.05) is 34.5 Å². The molecule has 1 aliphatic rings. The molecule has 31 heavy (non-hydrogen) atoms. The fourth-order valence-corrected chi connectivity index (χ4v) is 4.83. The summed E-state index contributed by atoms with van der Waals surface area (Å²) >= 11 is 13.8. The van der Waals surface area contributed by atoms with Crippen LogP contribution < -0.4 is 15.0 Å². The number of amides is 1. The number of nitrogens with zero attached hydrogens (tertiary/aromatic N) is 3. The molecule has 0 spiro atoms. The summed E-state index contributed by atoms with van der Waals surface area (Å²) in [4.78, 5) is 21.5. The molecule has 1 aliphatic heterocycles. The lowest BCUT2D eigenvalue weighted by molar-refractivity contribution is -0.123. The first-order valence-corrected chi connectivity index (χ1v) is 11.7. The van der Waals surface area contributed by atoms with Crippen molar-refractivity contribution in [1.29, 1.82) is 0 Å². The van der Waals surface area contributed by atoms with Crippen LogP contribution in [0.15, 0.2) is 36.4 Å². The number of hydrogen-bond donors (Lipinski definition) is 1. The lowest BCUT2D eigenvalue weighted by Crippen LogP contribution is -2.48. The monoisotopic (exact) mass is 478 g/mol. The van der Waals surface area contributed by atoms with Crippen molar-refractivity contribution in [3.05, 3.63) is 52.0 Å². The molecule has 1 N–H and O–H groups in total. The van der Waals surface area contributed by atoms with Gasteiger partial charge in [-0.25, -0.2) is 4.98 Å². The second kappa shape index (κ2) is 10.0. The van der Waals surface area contributed by atoms with E-state index in [2.05, 4.69) is 15.1 Å². The van der Waals surface area contributed by atoms with E-state index in [1.54, 1.807) is 35.6 Å². The maximum atomic E-state index is 12.0. The molecule has 0 unspecified atom stereocenters. The Morgan fingerprint density at radius 1 is 1.13 bits per heavy atom. The molecule has 3 aromatic rings. The van der Waals surface area contributed by atoms with Crippen LogP contribution in [0.3, 0.4) is 0 Å². The average Bonchev–Trinajstić information content (AvgIpc) is 3.22. The van der Waals surface area contributed by atoms with Crippen LogP contribution >= 0.6 is 34.5 Å². The predicted octanol–water partition coefficient (Wildman–Crippen LogP) is 4.23. The van der Waals surface area contributed by atoms with E-state index in [1.807, 2.05) is 19.1 Å². The highest BCUT2D eigenvalue weighted by Crippen LogP contribution is 2.33. The van der Waals surface area contributed by atoms with Gasteiger partial charge in [0.1, 0.15) is 5.75 Å². The van der Waals surface area contributed by atoms with Gasteiger partial charge in [-0.2, -0.15) is 0 Å². The molecule has 0 saturated carbocycles. The number of carbonyl (C=O) groups excluding carboxylic acids is 1. The Bertz CT molecular complexity index is 1050. The molecular formula is C22H24Cl2N4O2S. The number of halogens is 2. The highest BCUT2D eigenvalue weighted by molar-refractivity contribution is 7.22. The minimum absolute atomic E-state index is 0.00352. The van der Waals surface area contributed by atoms with Crippen LogP contribution in [0.5, 0.6) is 5.75 Å². The summed E-state index contributed by atoms with van der Waals surface area (Å²) < 4.78 is 6.63. The van der Waals surface area contributed by atoms with E-state index in [4.69, 9.17) is 32.9 Å². The van der Waals surface area contributed by atoms with Crippen molar-refractivity contribution in [2.45, 2.75) is 6.92 Å². The standard InChI is InChI=1S/C22H24Cl2N4O2S/c1-15-18(24)6-7-19-21(15)26-22(31-19)28-12-10-27(11-13-28)9-8-25-20(29)14-30-17-4-2-16(23)3-5-17/h2-7H,8-14H2,1H3,(H,25,29). The van der Waals surface area contributed by atoms with Crippen molar-refractivity contribution in [3.8, 4) is 5.75 Å². The summed E-state index contributed by atoms with van der Waals surface area (Å²) in [5.74, 6) is 0.500. The summed E-state index contributed by atoms with van der Waals surface area (Å²) in [5.41, 5.74) is 2.04. The largest absolute Gasteiger partial charge is 0.484 e. The number of thiazole rings is 1. The van der Waals surface area contributed by atoms with E-state index in [0.29, 0.717) is 17.3 Å². The van der Waals surface area contributed by atoms with Crippen LogP contribution in [0.4, 0.5) is 5.13 Å². The van der Waals surface area contributed by atoms with E-state index >= 15 is 0 Å². The zero-order valence-corrected chi connectivity index (χ0v) is 19.6. The molecule has 1 amide bonds. The molecule has 6 nitrogen and oxygen atoms in total. The third-order valence-electron chi connectivity index (χ3n) is 5.31. The summed E-state index contributed by atoms with van der Waals surface area (Å²) in [7, 11) is 0. The topological polar surface area (TPSA) is 57.7 Å². The number of piperazine rings is 1. The number of ether oxygens (including phenoxy) is 1. The Morgan fingerprint density at radius 3 is 2.61 bits per heavy atom. The molecule has 164 valence electrons. The molecule has 1 aromatic heterocycles. The van der Waals surface area contributed by atoms with E-state index in [-0.39, 0.29) is 12.5 Å². The van der Waals surface area contributed by atoms with Crippen LogP contribution in [0.25, 0.3) is 10.2 Å². The number of aromatic nitrogens is 1.